The fourth-order valence-electron chi connectivity index (χ4n) is 2.47. The second kappa shape index (κ2) is 5.46. The summed E-state index contributed by atoms with van der Waals surface area (Å²) < 4.78 is 0. The molecule has 2 fully saturated rings. The number of carbonyl (C=O) groups is 2. The summed E-state index contributed by atoms with van der Waals surface area (Å²) in [4.78, 5) is 26.3. The molecule has 2 heterocycles. The Balaban J connectivity index is 1.77. The summed E-state index contributed by atoms with van der Waals surface area (Å²) in [6, 6.07) is -0.262. The van der Waals surface area contributed by atoms with Gasteiger partial charge in [0.2, 0.25) is 5.91 Å². The summed E-state index contributed by atoms with van der Waals surface area (Å²) >= 11 is 0. The molecule has 2 rings (SSSR count). The van der Waals surface area contributed by atoms with E-state index in [1.165, 1.54) is 11.3 Å². The van der Waals surface area contributed by atoms with Gasteiger partial charge in [0.15, 0.2) is 0 Å². The normalized spacial score (nSPS) is 26.4. The maximum atomic E-state index is 11.4. The Bertz CT molecular complexity index is 292. The number of urea groups is 1. The monoisotopic (exact) mass is 240 g/mol. The number of imide groups is 1. The summed E-state index contributed by atoms with van der Waals surface area (Å²) in [6.07, 6.45) is 2.35. The van der Waals surface area contributed by atoms with Gasteiger partial charge in [0, 0.05) is 19.6 Å². The van der Waals surface area contributed by atoms with Crippen LogP contribution in [0.2, 0.25) is 0 Å². The molecule has 3 N–H and O–H groups in total. The van der Waals surface area contributed by atoms with Crippen molar-refractivity contribution in [3.63, 3.8) is 0 Å². The van der Waals surface area contributed by atoms with Crippen LogP contribution in [0.1, 0.15) is 12.8 Å². The molecule has 0 aromatic rings. The van der Waals surface area contributed by atoms with Gasteiger partial charge in [-0.25, -0.2) is 4.79 Å². The standard InChI is InChI=1S/C11H20N4O2/c12-6-9-2-1-3-14(8-9)4-5-15-10(16)7-13-11(15)17/h9H,1-8,12H2,(H,13,17). The van der Waals surface area contributed by atoms with Crippen LogP contribution in [0, 0.1) is 5.92 Å². The first kappa shape index (κ1) is 12.3. The molecule has 2 saturated heterocycles. The third-order valence-electron chi connectivity index (χ3n) is 3.51. The van der Waals surface area contributed by atoms with Gasteiger partial charge in [0.05, 0.1) is 6.54 Å². The van der Waals surface area contributed by atoms with E-state index in [2.05, 4.69) is 10.2 Å². The Morgan fingerprint density at radius 2 is 2.18 bits per heavy atom. The van der Waals surface area contributed by atoms with Gasteiger partial charge in [0.1, 0.15) is 0 Å². The van der Waals surface area contributed by atoms with Crippen molar-refractivity contribution in [2.24, 2.45) is 11.7 Å². The molecule has 0 bridgehead atoms. The van der Waals surface area contributed by atoms with E-state index in [1.54, 1.807) is 0 Å². The third-order valence-corrected chi connectivity index (χ3v) is 3.51. The number of amides is 3. The topological polar surface area (TPSA) is 78.7 Å². The van der Waals surface area contributed by atoms with Crippen molar-refractivity contribution in [1.82, 2.24) is 15.1 Å². The van der Waals surface area contributed by atoms with Gasteiger partial charge in [-0.2, -0.15) is 0 Å². The largest absolute Gasteiger partial charge is 0.330 e. The maximum Gasteiger partial charge on any atom is 0.324 e. The van der Waals surface area contributed by atoms with Gasteiger partial charge in [-0.3, -0.25) is 9.69 Å². The van der Waals surface area contributed by atoms with Crippen molar-refractivity contribution in [1.29, 1.82) is 0 Å². The summed E-state index contributed by atoms with van der Waals surface area (Å²) in [6.45, 7) is 4.14. The van der Waals surface area contributed by atoms with Crippen LogP contribution in [0.5, 0.6) is 0 Å². The fraction of sp³-hybridized carbons (Fsp3) is 0.818. The average Bonchev–Trinajstić information content (AvgIpc) is 2.67. The smallest absolute Gasteiger partial charge is 0.324 e. The van der Waals surface area contributed by atoms with Gasteiger partial charge in [-0.15, -0.1) is 0 Å². The number of nitrogens with zero attached hydrogens (tertiary/aromatic N) is 2. The highest BCUT2D eigenvalue weighted by Gasteiger charge is 2.29. The second-order valence-corrected chi connectivity index (χ2v) is 4.75. The zero-order chi connectivity index (χ0) is 12.3. The maximum absolute atomic E-state index is 11.4. The minimum atomic E-state index is -0.262. The molecule has 1 atom stereocenters. The van der Waals surface area contributed by atoms with Crippen LogP contribution in [0.4, 0.5) is 4.79 Å². The van der Waals surface area contributed by atoms with Crippen molar-refractivity contribution in [2.75, 3.05) is 39.3 Å². The van der Waals surface area contributed by atoms with E-state index in [9.17, 15) is 9.59 Å². The molecule has 17 heavy (non-hydrogen) atoms. The van der Waals surface area contributed by atoms with Crippen molar-refractivity contribution in [2.45, 2.75) is 12.8 Å². The highest BCUT2D eigenvalue weighted by atomic mass is 16.2. The highest BCUT2D eigenvalue weighted by molar-refractivity contribution is 6.01. The minimum absolute atomic E-state index is 0.123. The Kier molecular flexibility index (Phi) is 3.96. The molecule has 0 radical (unpaired) electrons. The van der Waals surface area contributed by atoms with E-state index in [0.29, 0.717) is 12.5 Å². The molecule has 0 aliphatic carbocycles. The summed E-state index contributed by atoms with van der Waals surface area (Å²) in [7, 11) is 0. The van der Waals surface area contributed by atoms with E-state index in [0.717, 1.165) is 32.6 Å². The molecule has 2 aliphatic heterocycles. The predicted molar refractivity (Wildman–Crippen MR) is 63.3 cm³/mol. The first-order chi connectivity index (χ1) is 8.20. The zero-order valence-corrected chi connectivity index (χ0v) is 10.0. The van der Waals surface area contributed by atoms with Crippen molar-refractivity contribution >= 4 is 11.9 Å². The Labute approximate surface area is 101 Å². The first-order valence-electron chi connectivity index (χ1n) is 6.21. The lowest BCUT2D eigenvalue weighted by Crippen LogP contribution is -2.43. The Morgan fingerprint density at radius 3 is 2.82 bits per heavy atom. The summed E-state index contributed by atoms with van der Waals surface area (Å²) in [5.74, 6) is 0.439. The molecule has 3 amide bonds. The minimum Gasteiger partial charge on any atom is -0.330 e. The first-order valence-corrected chi connectivity index (χ1v) is 6.21. The SMILES string of the molecule is NCC1CCCN(CCN2C(=O)CNC2=O)C1. The number of nitrogens with one attached hydrogen (secondary N) is 1. The van der Waals surface area contributed by atoms with Crippen LogP contribution in [-0.4, -0.2) is 61.0 Å². The van der Waals surface area contributed by atoms with E-state index in [4.69, 9.17) is 5.73 Å². The number of hydrogen-bond donors (Lipinski definition) is 2. The lowest BCUT2D eigenvalue weighted by Gasteiger charge is -2.32. The second-order valence-electron chi connectivity index (χ2n) is 4.75. The molecule has 0 aromatic carbocycles. The molecule has 2 aliphatic rings. The number of piperidine rings is 1. The third kappa shape index (κ3) is 2.95. The molecular formula is C11H20N4O2. The van der Waals surface area contributed by atoms with Gasteiger partial charge in [0.25, 0.3) is 0 Å². The van der Waals surface area contributed by atoms with E-state index in [-0.39, 0.29) is 18.5 Å². The number of rotatable bonds is 4. The van der Waals surface area contributed by atoms with Crippen LogP contribution in [-0.2, 0) is 4.79 Å². The van der Waals surface area contributed by atoms with Crippen LogP contribution in [0.15, 0.2) is 0 Å². The molecule has 6 heteroatoms. The van der Waals surface area contributed by atoms with E-state index >= 15 is 0 Å². The van der Waals surface area contributed by atoms with Crippen molar-refractivity contribution in [3.8, 4) is 0 Å². The number of hydrogen-bond acceptors (Lipinski definition) is 4. The Hall–Kier alpha value is -1.14. The molecule has 0 spiro atoms. The number of nitrogens with two attached hydrogens (primary N) is 1. The lowest BCUT2D eigenvalue weighted by molar-refractivity contribution is -0.125. The van der Waals surface area contributed by atoms with Crippen LogP contribution in [0.25, 0.3) is 0 Å². The highest BCUT2D eigenvalue weighted by Crippen LogP contribution is 2.15. The number of carbonyl (C=O) groups excluding carboxylic acids is 2. The lowest BCUT2D eigenvalue weighted by atomic mass is 9.98. The average molecular weight is 240 g/mol. The van der Waals surface area contributed by atoms with Gasteiger partial charge in [-0.1, -0.05) is 0 Å². The molecular weight excluding hydrogens is 220 g/mol. The van der Waals surface area contributed by atoms with Gasteiger partial charge >= 0.3 is 6.03 Å². The zero-order valence-electron chi connectivity index (χ0n) is 10.0. The molecule has 0 aromatic heterocycles. The van der Waals surface area contributed by atoms with E-state index in [1.807, 2.05) is 0 Å². The van der Waals surface area contributed by atoms with Gasteiger partial charge < -0.3 is 16.0 Å². The summed E-state index contributed by atoms with van der Waals surface area (Å²) in [5, 5.41) is 2.53. The Morgan fingerprint density at radius 1 is 1.35 bits per heavy atom. The molecule has 0 saturated carbocycles. The molecule has 6 nitrogen and oxygen atoms in total. The quantitative estimate of drug-likeness (QED) is 0.631. The fourth-order valence-corrected chi connectivity index (χ4v) is 2.47. The van der Waals surface area contributed by atoms with Crippen LogP contribution < -0.4 is 11.1 Å². The van der Waals surface area contributed by atoms with Crippen LogP contribution >= 0.6 is 0 Å². The summed E-state index contributed by atoms with van der Waals surface area (Å²) in [5.41, 5.74) is 5.67. The van der Waals surface area contributed by atoms with Gasteiger partial charge in [-0.05, 0) is 31.8 Å². The van der Waals surface area contributed by atoms with E-state index < -0.39 is 0 Å². The molecule has 96 valence electrons. The van der Waals surface area contributed by atoms with Crippen molar-refractivity contribution in [3.05, 3.63) is 0 Å². The van der Waals surface area contributed by atoms with Crippen LogP contribution in [0.3, 0.4) is 0 Å². The predicted octanol–water partition coefficient (Wildman–Crippen LogP) is -0.791. The number of likely N-dealkylation sites (tertiary alicyclic amines) is 1. The molecule has 1 unspecified atom stereocenters. The van der Waals surface area contributed by atoms with Crippen molar-refractivity contribution < 1.29 is 9.59 Å².